The van der Waals surface area contributed by atoms with E-state index in [4.69, 9.17) is 19.6 Å². The van der Waals surface area contributed by atoms with Gasteiger partial charge in [0.05, 0.1) is 13.2 Å². The second kappa shape index (κ2) is 5.19. The first-order chi connectivity index (χ1) is 5.71. The van der Waals surface area contributed by atoms with Crippen molar-refractivity contribution in [3.63, 3.8) is 0 Å². The molecule has 0 heterocycles. The Morgan fingerprint density at radius 2 is 1.15 bits per heavy atom. The maximum absolute atomic E-state index is 10.1. The van der Waals surface area contributed by atoms with Crippen LogP contribution in [-0.2, 0) is 18.2 Å². The highest BCUT2D eigenvalue weighted by molar-refractivity contribution is 7.46. The van der Waals surface area contributed by atoms with Crippen LogP contribution in [0.5, 0.6) is 0 Å². The lowest BCUT2D eigenvalue weighted by molar-refractivity contribution is 0.160. The van der Waals surface area contributed by atoms with Crippen molar-refractivity contribution in [1.82, 2.24) is 0 Å². The van der Waals surface area contributed by atoms with E-state index in [0.29, 0.717) is 0 Å². The Kier molecular flexibility index (Phi) is 5.28. The molecule has 0 aliphatic heterocycles. The fourth-order valence-corrected chi connectivity index (χ4v) is 1.16. The lowest BCUT2D eigenvalue weighted by atomic mass is 10.5. The van der Waals surface area contributed by atoms with Gasteiger partial charge in [-0.1, -0.05) is 0 Å². The molecule has 0 spiro atoms. The maximum Gasteiger partial charge on any atom is 0.469 e. The van der Waals surface area contributed by atoms with E-state index in [-0.39, 0.29) is 19.6 Å². The molecule has 0 aromatic heterocycles. The molecule has 80 valence electrons. The first kappa shape index (κ1) is 13.2. The van der Waals surface area contributed by atoms with Crippen molar-refractivity contribution in [3.8, 4) is 0 Å². The van der Waals surface area contributed by atoms with Crippen molar-refractivity contribution in [2.45, 2.75) is 6.42 Å². The normalized spacial score (nSPS) is 13.2. The van der Waals surface area contributed by atoms with Crippen LogP contribution in [0.2, 0.25) is 0 Å². The maximum atomic E-state index is 10.1. The average molecular weight is 236 g/mol. The summed E-state index contributed by atoms with van der Waals surface area (Å²) in [4.78, 5) is 32.7. The zero-order chi connectivity index (χ0) is 10.5. The summed E-state index contributed by atoms with van der Waals surface area (Å²) in [6.45, 7) is -0.658. The minimum Gasteiger partial charge on any atom is -0.303 e. The van der Waals surface area contributed by atoms with Gasteiger partial charge in [-0.2, -0.15) is 0 Å². The summed E-state index contributed by atoms with van der Waals surface area (Å²) in [6.07, 6.45) is -0.0176. The van der Waals surface area contributed by atoms with E-state index in [1.54, 1.807) is 0 Å². The molecule has 0 amide bonds. The summed E-state index contributed by atoms with van der Waals surface area (Å²) < 4.78 is 28.1. The van der Waals surface area contributed by atoms with Crippen LogP contribution in [0.25, 0.3) is 0 Å². The molecule has 0 aromatic carbocycles. The molecule has 10 heteroatoms. The van der Waals surface area contributed by atoms with E-state index in [1.165, 1.54) is 0 Å². The largest absolute Gasteiger partial charge is 0.469 e. The number of phosphoric ester groups is 2. The molecule has 0 atom stereocenters. The van der Waals surface area contributed by atoms with Gasteiger partial charge in [-0.25, -0.2) is 9.13 Å². The van der Waals surface area contributed by atoms with Crippen molar-refractivity contribution in [2.24, 2.45) is 0 Å². The number of phosphoric acid groups is 2. The smallest absolute Gasteiger partial charge is 0.303 e. The number of hydrogen-bond donors (Lipinski definition) is 4. The Labute approximate surface area is 74.0 Å². The second-order valence-electron chi connectivity index (χ2n) is 2.00. The Hall–Kier alpha value is 0.220. The van der Waals surface area contributed by atoms with Gasteiger partial charge >= 0.3 is 15.6 Å². The van der Waals surface area contributed by atoms with E-state index in [2.05, 4.69) is 9.05 Å². The van der Waals surface area contributed by atoms with Crippen LogP contribution in [0.15, 0.2) is 0 Å². The molecule has 8 nitrogen and oxygen atoms in total. The van der Waals surface area contributed by atoms with Gasteiger partial charge in [-0.15, -0.1) is 0 Å². The Morgan fingerprint density at radius 3 is 1.38 bits per heavy atom. The van der Waals surface area contributed by atoms with Crippen LogP contribution < -0.4 is 0 Å². The third-order valence-corrected chi connectivity index (χ3v) is 1.85. The van der Waals surface area contributed by atoms with Crippen LogP contribution >= 0.6 is 15.6 Å². The van der Waals surface area contributed by atoms with Gasteiger partial charge < -0.3 is 19.6 Å². The predicted octanol–water partition coefficient (Wildman–Crippen LogP) is -0.405. The lowest BCUT2D eigenvalue weighted by Gasteiger charge is -2.06. The fourth-order valence-electron chi connectivity index (χ4n) is 0.426. The molecule has 0 bridgehead atoms. The molecule has 0 rings (SSSR count). The van der Waals surface area contributed by atoms with Crippen molar-refractivity contribution in [2.75, 3.05) is 13.2 Å². The Balaban J connectivity index is 3.39. The average Bonchev–Trinajstić information content (AvgIpc) is 1.81. The number of hydrogen-bond acceptors (Lipinski definition) is 4. The van der Waals surface area contributed by atoms with Crippen molar-refractivity contribution >= 4 is 15.6 Å². The minimum atomic E-state index is -4.50. The summed E-state index contributed by atoms with van der Waals surface area (Å²) in [7, 11) is -8.99. The molecule has 0 saturated heterocycles. The van der Waals surface area contributed by atoms with E-state index >= 15 is 0 Å². The lowest BCUT2D eigenvalue weighted by Crippen LogP contribution is -1.98. The molecule has 0 radical (unpaired) electrons. The van der Waals surface area contributed by atoms with Gasteiger partial charge in [-0.05, 0) is 6.42 Å². The van der Waals surface area contributed by atoms with Gasteiger partial charge in [0, 0.05) is 0 Å². The van der Waals surface area contributed by atoms with E-state index in [1.807, 2.05) is 0 Å². The summed E-state index contributed by atoms with van der Waals surface area (Å²) in [6, 6.07) is 0. The zero-order valence-corrected chi connectivity index (χ0v) is 8.23. The zero-order valence-electron chi connectivity index (χ0n) is 6.44. The van der Waals surface area contributed by atoms with Gasteiger partial charge in [0.15, 0.2) is 0 Å². The molecular formula is C3H10O8P2. The first-order valence-corrected chi connectivity index (χ1v) is 6.17. The third kappa shape index (κ3) is 12.2. The predicted molar refractivity (Wildman–Crippen MR) is 40.6 cm³/mol. The molecule has 0 aliphatic carbocycles. The SMILES string of the molecule is O=P(O)(O)OCCCOP(=O)(O)O. The van der Waals surface area contributed by atoms with Gasteiger partial charge in [-0.3, -0.25) is 9.05 Å². The molecule has 0 saturated carbocycles. The van der Waals surface area contributed by atoms with E-state index in [9.17, 15) is 9.13 Å². The molecular weight excluding hydrogens is 226 g/mol. The molecule has 0 fully saturated rings. The molecule has 0 aromatic rings. The number of rotatable bonds is 6. The standard InChI is InChI=1S/C3H10O8P2/c4-12(5,6)10-2-1-3-11-13(7,8)9/h1-3H2,(H2,4,5,6)(H2,7,8,9). The Morgan fingerprint density at radius 1 is 0.846 bits per heavy atom. The highest BCUT2D eigenvalue weighted by atomic mass is 31.2. The molecule has 0 aliphatic rings. The van der Waals surface area contributed by atoms with Crippen LogP contribution in [0, 0.1) is 0 Å². The highest BCUT2D eigenvalue weighted by Gasteiger charge is 2.15. The molecule has 13 heavy (non-hydrogen) atoms. The van der Waals surface area contributed by atoms with E-state index in [0.717, 1.165) is 0 Å². The summed E-state index contributed by atoms with van der Waals surface area (Å²) in [5.74, 6) is 0. The van der Waals surface area contributed by atoms with Crippen molar-refractivity contribution < 1.29 is 37.8 Å². The van der Waals surface area contributed by atoms with Crippen LogP contribution in [0.4, 0.5) is 0 Å². The van der Waals surface area contributed by atoms with Crippen LogP contribution in [0.1, 0.15) is 6.42 Å². The third-order valence-electron chi connectivity index (χ3n) is 0.808. The van der Waals surface area contributed by atoms with Crippen molar-refractivity contribution in [3.05, 3.63) is 0 Å². The molecule has 4 N–H and O–H groups in total. The highest BCUT2D eigenvalue weighted by Crippen LogP contribution is 2.37. The molecule has 0 unspecified atom stereocenters. The summed E-state index contributed by atoms with van der Waals surface area (Å²) >= 11 is 0. The van der Waals surface area contributed by atoms with Gasteiger partial charge in [0.2, 0.25) is 0 Å². The van der Waals surface area contributed by atoms with Crippen LogP contribution in [0.3, 0.4) is 0 Å². The van der Waals surface area contributed by atoms with Crippen molar-refractivity contribution in [1.29, 1.82) is 0 Å². The van der Waals surface area contributed by atoms with Gasteiger partial charge in [0.25, 0.3) is 0 Å². The van der Waals surface area contributed by atoms with E-state index < -0.39 is 15.6 Å². The minimum absolute atomic E-state index is 0.0176. The quantitative estimate of drug-likeness (QED) is 0.361. The Bertz CT molecular complexity index is 202. The first-order valence-electron chi connectivity index (χ1n) is 3.11. The van der Waals surface area contributed by atoms with Gasteiger partial charge in [0.1, 0.15) is 0 Å². The fraction of sp³-hybridized carbons (Fsp3) is 1.00. The summed E-state index contributed by atoms with van der Waals surface area (Å²) in [5, 5.41) is 0. The van der Waals surface area contributed by atoms with Crippen LogP contribution in [-0.4, -0.2) is 32.8 Å². The summed E-state index contributed by atoms with van der Waals surface area (Å²) in [5.41, 5.74) is 0. The monoisotopic (exact) mass is 236 g/mol. The second-order valence-corrected chi connectivity index (χ2v) is 4.48. The topological polar surface area (TPSA) is 134 Å².